The number of amides is 2. The van der Waals surface area contributed by atoms with Crippen LogP contribution in [0.3, 0.4) is 0 Å². The number of rotatable bonds is 4. The molecule has 8 heteroatoms. The number of nitrogens with one attached hydrogen (secondary N) is 1. The molecule has 0 aliphatic carbocycles. The highest BCUT2D eigenvalue weighted by atomic mass is 32.1. The van der Waals surface area contributed by atoms with Gasteiger partial charge in [0.1, 0.15) is 10.8 Å². The van der Waals surface area contributed by atoms with Crippen molar-refractivity contribution >= 4 is 22.5 Å². The SMILES string of the molecule is O=C(Nc1nnc(Cc2ccc(F)cc2)s1)N1CCC[C@H]1CO. The van der Waals surface area contributed by atoms with Gasteiger partial charge in [-0.2, -0.15) is 0 Å². The van der Waals surface area contributed by atoms with Crippen molar-refractivity contribution in [2.24, 2.45) is 0 Å². The fourth-order valence-electron chi connectivity index (χ4n) is 2.61. The van der Waals surface area contributed by atoms with Crippen LogP contribution >= 0.6 is 11.3 Å². The fraction of sp³-hybridized carbons (Fsp3) is 0.400. The average Bonchev–Trinajstić information content (AvgIpc) is 3.18. The molecule has 0 spiro atoms. The molecule has 0 saturated carbocycles. The number of likely N-dealkylation sites (tertiary alicyclic amines) is 1. The Morgan fingerprint density at radius 3 is 2.91 bits per heavy atom. The van der Waals surface area contributed by atoms with Crippen LogP contribution in [0.5, 0.6) is 0 Å². The molecule has 6 nitrogen and oxygen atoms in total. The quantitative estimate of drug-likeness (QED) is 0.898. The number of carbonyl (C=O) groups excluding carboxylic acids is 1. The third-order valence-corrected chi connectivity index (χ3v) is 4.64. The topological polar surface area (TPSA) is 78.4 Å². The Morgan fingerprint density at radius 2 is 2.17 bits per heavy atom. The van der Waals surface area contributed by atoms with Crippen molar-refractivity contribution in [3.05, 3.63) is 40.7 Å². The average molecular weight is 336 g/mol. The van der Waals surface area contributed by atoms with Crippen LogP contribution in [0.15, 0.2) is 24.3 Å². The van der Waals surface area contributed by atoms with Crippen molar-refractivity contribution in [1.29, 1.82) is 0 Å². The largest absolute Gasteiger partial charge is 0.394 e. The van der Waals surface area contributed by atoms with Gasteiger partial charge in [-0.3, -0.25) is 5.32 Å². The van der Waals surface area contributed by atoms with E-state index < -0.39 is 0 Å². The number of aliphatic hydroxyl groups excluding tert-OH is 1. The molecule has 3 rings (SSSR count). The van der Waals surface area contributed by atoms with Gasteiger partial charge in [-0.05, 0) is 30.5 Å². The minimum atomic E-state index is -0.275. The van der Waals surface area contributed by atoms with E-state index >= 15 is 0 Å². The lowest BCUT2D eigenvalue weighted by Gasteiger charge is -2.22. The normalized spacial score (nSPS) is 17.5. The van der Waals surface area contributed by atoms with Crippen molar-refractivity contribution in [3.8, 4) is 0 Å². The first-order valence-electron chi connectivity index (χ1n) is 7.41. The van der Waals surface area contributed by atoms with Crippen LogP contribution in [0, 0.1) is 5.82 Å². The van der Waals surface area contributed by atoms with Crippen LogP contribution in [0.2, 0.25) is 0 Å². The predicted octanol–water partition coefficient (Wildman–Crippen LogP) is 2.26. The van der Waals surface area contributed by atoms with Crippen molar-refractivity contribution < 1.29 is 14.3 Å². The number of anilines is 1. The van der Waals surface area contributed by atoms with Crippen LogP contribution in [-0.4, -0.2) is 45.4 Å². The number of aliphatic hydroxyl groups is 1. The Balaban J connectivity index is 1.60. The number of hydrogen-bond acceptors (Lipinski definition) is 5. The summed E-state index contributed by atoms with van der Waals surface area (Å²) < 4.78 is 12.9. The first-order valence-corrected chi connectivity index (χ1v) is 8.22. The molecular formula is C15H17FN4O2S. The van der Waals surface area contributed by atoms with Gasteiger partial charge in [0, 0.05) is 13.0 Å². The molecule has 1 aliphatic heterocycles. The van der Waals surface area contributed by atoms with Crippen LogP contribution in [0.25, 0.3) is 0 Å². The second kappa shape index (κ2) is 7.01. The zero-order valence-corrected chi connectivity index (χ0v) is 13.2. The highest BCUT2D eigenvalue weighted by Gasteiger charge is 2.28. The van der Waals surface area contributed by atoms with Crippen LogP contribution in [0.1, 0.15) is 23.4 Å². The number of halogens is 1. The van der Waals surface area contributed by atoms with E-state index in [9.17, 15) is 14.3 Å². The zero-order valence-electron chi connectivity index (χ0n) is 12.4. The molecule has 0 radical (unpaired) electrons. The Hall–Kier alpha value is -2.06. The standard InChI is InChI=1S/C15H17FN4O2S/c16-11-5-3-10(4-6-11)8-13-18-19-14(23-13)17-15(22)20-7-1-2-12(20)9-21/h3-6,12,21H,1-2,7-9H2,(H,17,19,22)/t12-/m0/s1. The molecule has 1 aromatic heterocycles. The maximum Gasteiger partial charge on any atom is 0.324 e. The summed E-state index contributed by atoms with van der Waals surface area (Å²) in [6, 6.07) is 5.83. The van der Waals surface area contributed by atoms with Crippen molar-refractivity contribution in [1.82, 2.24) is 15.1 Å². The molecule has 2 heterocycles. The molecule has 122 valence electrons. The smallest absolute Gasteiger partial charge is 0.324 e. The minimum absolute atomic E-state index is 0.0284. The monoisotopic (exact) mass is 336 g/mol. The van der Waals surface area contributed by atoms with Gasteiger partial charge in [0.15, 0.2) is 0 Å². The maximum absolute atomic E-state index is 12.9. The zero-order chi connectivity index (χ0) is 16.2. The molecule has 2 aromatic rings. The lowest BCUT2D eigenvalue weighted by Crippen LogP contribution is -2.40. The molecule has 23 heavy (non-hydrogen) atoms. The Bertz CT molecular complexity index is 676. The summed E-state index contributed by atoms with van der Waals surface area (Å²) in [4.78, 5) is 13.8. The second-order valence-corrected chi connectivity index (χ2v) is 6.47. The van der Waals surface area contributed by atoms with E-state index in [0.29, 0.717) is 18.1 Å². The van der Waals surface area contributed by atoms with Gasteiger partial charge < -0.3 is 10.0 Å². The van der Waals surface area contributed by atoms with Gasteiger partial charge in [-0.15, -0.1) is 10.2 Å². The van der Waals surface area contributed by atoms with Crippen LogP contribution < -0.4 is 5.32 Å². The highest BCUT2D eigenvalue weighted by molar-refractivity contribution is 7.15. The highest BCUT2D eigenvalue weighted by Crippen LogP contribution is 2.22. The van der Waals surface area contributed by atoms with E-state index in [1.165, 1.54) is 23.5 Å². The van der Waals surface area contributed by atoms with E-state index in [0.717, 1.165) is 23.4 Å². The minimum Gasteiger partial charge on any atom is -0.394 e. The Kier molecular flexibility index (Phi) is 4.82. The molecule has 1 atom stereocenters. The van der Waals surface area contributed by atoms with E-state index in [4.69, 9.17) is 0 Å². The van der Waals surface area contributed by atoms with Crippen molar-refractivity contribution in [2.75, 3.05) is 18.5 Å². The maximum atomic E-state index is 12.9. The molecule has 2 amide bonds. The Morgan fingerprint density at radius 1 is 1.39 bits per heavy atom. The number of aromatic nitrogens is 2. The number of benzene rings is 1. The number of urea groups is 1. The summed E-state index contributed by atoms with van der Waals surface area (Å²) in [5.74, 6) is -0.275. The molecule has 0 bridgehead atoms. The molecular weight excluding hydrogens is 319 g/mol. The Labute approximate surface area is 137 Å². The molecule has 1 fully saturated rings. The van der Waals surface area contributed by atoms with E-state index in [2.05, 4.69) is 15.5 Å². The number of hydrogen-bond donors (Lipinski definition) is 2. The van der Waals surface area contributed by atoms with Gasteiger partial charge in [0.05, 0.1) is 12.6 Å². The fourth-order valence-corrected chi connectivity index (χ4v) is 3.37. The van der Waals surface area contributed by atoms with Gasteiger partial charge in [0.25, 0.3) is 0 Å². The second-order valence-electron chi connectivity index (χ2n) is 5.41. The summed E-state index contributed by atoms with van der Waals surface area (Å²) in [6.07, 6.45) is 2.25. The van der Waals surface area contributed by atoms with Crippen LogP contribution in [-0.2, 0) is 6.42 Å². The number of nitrogens with zero attached hydrogens (tertiary/aromatic N) is 3. The van der Waals surface area contributed by atoms with Gasteiger partial charge in [0.2, 0.25) is 5.13 Å². The van der Waals surface area contributed by atoms with Crippen molar-refractivity contribution in [2.45, 2.75) is 25.3 Å². The molecule has 1 aromatic carbocycles. The van der Waals surface area contributed by atoms with E-state index in [-0.39, 0.29) is 24.5 Å². The summed E-state index contributed by atoms with van der Waals surface area (Å²) in [7, 11) is 0. The first kappa shape index (κ1) is 15.8. The molecule has 1 aliphatic rings. The molecule has 1 saturated heterocycles. The van der Waals surface area contributed by atoms with E-state index in [1.807, 2.05) is 0 Å². The lowest BCUT2D eigenvalue weighted by atomic mass is 10.2. The lowest BCUT2D eigenvalue weighted by molar-refractivity contribution is 0.166. The third-order valence-electron chi connectivity index (χ3n) is 3.80. The summed E-state index contributed by atoms with van der Waals surface area (Å²) in [5, 5.41) is 21.2. The summed E-state index contributed by atoms with van der Waals surface area (Å²) in [6.45, 7) is 0.609. The predicted molar refractivity (Wildman–Crippen MR) is 84.9 cm³/mol. The van der Waals surface area contributed by atoms with E-state index in [1.54, 1.807) is 17.0 Å². The number of carbonyl (C=O) groups is 1. The van der Waals surface area contributed by atoms with Gasteiger partial charge in [-0.25, -0.2) is 9.18 Å². The molecule has 0 unspecified atom stereocenters. The van der Waals surface area contributed by atoms with Crippen molar-refractivity contribution in [3.63, 3.8) is 0 Å². The summed E-state index contributed by atoms with van der Waals surface area (Å²) in [5.41, 5.74) is 0.931. The molecule has 2 N–H and O–H groups in total. The van der Waals surface area contributed by atoms with Gasteiger partial charge >= 0.3 is 6.03 Å². The van der Waals surface area contributed by atoms with Crippen LogP contribution in [0.4, 0.5) is 14.3 Å². The first-order chi connectivity index (χ1) is 11.2. The summed E-state index contributed by atoms with van der Waals surface area (Å²) >= 11 is 1.29. The van der Waals surface area contributed by atoms with Gasteiger partial charge in [-0.1, -0.05) is 23.5 Å². The third kappa shape index (κ3) is 3.83.